The molecule has 2 heterocycles. The third-order valence-electron chi connectivity index (χ3n) is 11.1. The van der Waals surface area contributed by atoms with E-state index in [1.165, 1.54) is 109 Å². The number of hydrogen-bond acceptors (Lipinski definition) is 13. The van der Waals surface area contributed by atoms with Crippen LogP contribution in [0.25, 0.3) is 0 Å². The SMILES string of the molecule is CCCCCCCCCCCCCCCCCCCCCCCC(O)C(COC1OC(CO)C(OC2OC(CO)C(O)C(O)C2O)C(O)C1O)NC(=O)CC. The molecule has 2 aliphatic rings. The van der Waals surface area contributed by atoms with Crippen LogP contribution in [0.5, 0.6) is 0 Å². The van der Waals surface area contributed by atoms with Gasteiger partial charge in [0.2, 0.25) is 5.91 Å². The number of aliphatic hydroxyl groups excluding tert-OH is 8. The lowest BCUT2D eigenvalue weighted by Crippen LogP contribution is -2.65. The summed E-state index contributed by atoms with van der Waals surface area (Å²) in [6.07, 6.45) is 11.0. The summed E-state index contributed by atoms with van der Waals surface area (Å²) >= 11 is 0. The maximum absolute atomic E-state index is 12.3. The molecule has 0 radical (unpaired) electrons. The zero-order valence-electron chi connectivity index (χ0n) is 33.9. The van der Waals surface area contributed by atoms with E-state index in [1.54, 1.807) is 6.92 Å². The Balaban J connectivity index is 1.63. The van der Waals surface area contributed by atoms with Crippen molar-refractivity contribution in [2.24, 2.45) is 0 Å². The second-order valence-electron chi connectivity index (χ2n) is 15.8. The molecule has 326 valence electrons. The highest BCUT2D eigenvalue weighted by molar-refractivity contribution is 5.75. The van der Waals surface area contributed by atoms with Crippen LogP contribution in [0.1, 0.15) is 162 Å². The fourth-order valence-electron chi connectivity index (χ4n) is 7.44. The van der Waals surface area contributed by atoms with Crippen molar-refractivity contribution >= 4 is 5.91 Å². The molecule has 12 unspecified atom stereocenters. The first-order chi connectivity index (χ1) is 26.6. The summed E-state index contributed by atoms with van der Waals surface area (Å²) in [6, 6.07) is -0.818. The molecule has 55 heavy (non-hydrogen) atoms. The first-order valence-electron chi connectivity index (χ1n) is 21.8. The van der Waals surface area contributed by atoms with Gasteiger partial charge in [0.05, 0.1) is 32.0 Å². The molecule has 0 spiro atoms. The molecule has 14 nitrogen and oxygen atoms in total. The Hall–Kier alpha value is -1.01. The highest BCUT2D eigenvalue weighted by Gasteiger charge is 2.50. The van der Waals surface area contributed by atoms with Crippen molar-refractivity contribution < 1.29 is 64.6 Å². The van der Waals surface area contributed by atoms with Gasteiger partial charge >= 0.3 is 0 Å². The molecule has 0 aromatic rings. The van der Waals surface area contributed by atoms with E-state index >= 15 is 0 Å². The second kappa shape index (κ2) is 30.1. The molecule has 2 fully saturated rings. The Morgan fingerprint density at radius 1 is 0.582 bits per heavy atom. The lowest BCUT2D eigenvalue weighted by Gasteiger charge is -2.46. The minimum atomic E-state index is -1.77. The number of carbonyl (C=O) groups is 1. The van der Waals surface area contributed by atoms with Crippen molar-refractivity contribution in [1.29, 1.82) is 0 Å². The van der Waals surface area contributed by atoms with Gasteiger partial charge in [-0.05, 0) is 6.42 Å². The number of rotatable bonds is 32. The highest BCUT2D eigenvalue weighted by atomic mass is 16.7. The average molecular weight is 794 g/mol. The van der Waals surface area contributed by atoms with E-state index in [-0.39, 0.29) is 18.9 Å². The van der Waals surface area contributed by atoms with Crippen molar-refractivity contribution in [2.45, 2.75) is 235 Å². The van der Waals surface area contributed by atoms with E-state index < -0.39 is 86.8 Å². The van der Waals surface area contributed by atoms with Gasteiger partial charge in [0, 0.05) is 6.42 Å². The fourth-order valence-corrected chi connectivity index (χ4v) is 7.44. The molecular weight excluding hydrogens is 714 g/mol. The minimum Gasteiger partial charge on any atom is -0.394 e. The van der Waals surface area contributed by atoms with Crippen LogP contribution in [0.15, 0.2) is 0 Å². The van der Waals surface area contributed by atoms with Crippen LogP contribution >= 0.6 is 0 Å². The molecule has 0 saturated carbocycles. The third kappa shape index (κ3) is 19.1. The van der Waals surface area contributed by atoms with E-state index in [0.717, 1.165) is 25.7 Å². The Morgan fingerprint density at radius 3 is 1.47 bits per heavy atom. The van der Waals surface area contributed by atoms with Crippen molar-refractivity contribution in [1.82, 2.24) is 5.32 Å². The van der Waals surface area contributed by atoms with Gasteiger partial charge in [-0.3, -0.25) is 4.79 Å². The molecule has 0 aromatic carbocycles. The van der Waals surface area contributed by atoms with Gasteiger partial charge in [0.25, 0.3) is 0 Å². The van der Waals surface area contributed by atoms with Gasteiger partial charge in [0.1, 0.15) is 48.8 Å². The molecule has 0 bridgehead atoms. The number of aliphatic hydroxyl groups is 8. The molecule has 14 heteroatoms. The maximum Gasteiger partial charge on any atom is 0.220 e. The molecule has 9 N–H and O–H groups in total. The van der Waals surface area contributed by atoms with Crippen LogP contribution in [0.2, 0.25) is 0 Å². The lowest BCUT2D eigenvalue weighted by atomic mass is 9.97. The number of carbonyl (C=O) groups excluding carboxylic acids is 1. The molecule has 2 saturated heterocycles. The highest BCUT2D eigenvalue weighted by Crippen LogP contribution is 2.30. The maximum atomic E-state index is 12.3. The van der Waals surface area contributed by atoms with Gasteiger partial charge < -0.3 is 65.1 Å². The van der Waals surface area contributed by atoms with Crippen LogP contribution < -0.4 is 5.32 Å². The number of nitrogens with one attached hydrogen (secondary N) is 1. The Bertz CT molecular complexity index is 946. The van der Waals surface area contributed by atoms with E-state index in [0.29, 0.717) is 6.42 Å². The predicted octanol–water partition coefficient (Wildman–Crippen LogP) is 3.48. The summed E-state index contributed by atoms with van der Waals surface area (Å²) < 4.78 is 22.3. The molecular formula is C41H79NO13. The van der Waals surface area contributed by atoms with E-state index in [1.807, 2.05) is 0 Å². The van der Waals surface area contributed by atoms with Gasteiger partial charge in [-0.2, -0.15) is 0 Å². The monoisotopic (exact) mass is 794 g/mol. The smallest absolute Gasteiger partial charge is 0.220 e. The van der Waals surface area contributed by atoms with E-state index in [4.69, 9.17) is 18.9 Å². The van der Waals surface area contributed by atoms with E-state index in [9.17, 15) is 45.6 Å². The first kappa shape index (κ1) is 50.1. The van der Waals surface area contributed by atoms with Crippen LogP contribution in [-0.2, 0) is 23.7 Å². The van der Waals surface area contributed by atoms with E-state index in [2.05, 4.69) is 12.2 Å². The van der Waals surface area contributed by atoms with Gasteiger partial charge in [-0.15, -0.1) is 0 Å². The van der Waals surface area contributed by atoms with Crippen molar-refractivity contribution in [3.05, 3.63) is 0 Å². The molecule has 1 amide bonds. The third-order valence-corrected chi connectivity index (χ3v) is 11.1. The summed E-state index contributed by atoms with van der Waals surface area (Å²) in [5, 5.41) is 85.4. The number of amides is 1. The number of ether oxygens (including phenoxy) is 4. The Kier molecular flexibility index (Phi) is 27.4. The standard InChI is InChI=1S/C41H79NO13/c1-3-5-6-7-8-9-10-11-12-13-14-15-16-17-18-19-20-21-22-23-24-25-30(45)29(42-33(46)4-2)28-52-40-38(51)36(49)39(32(27-44)54-40)55-41-37(50)35(48)34(47)31(26-43)53-41/h29-32,34-41,43-45,47-51H,3-28H2,1-2H3,(H,42,46). The van der Waals surface area contributed by atoms with Gasteiger partial charge in [-0.25, -0.2) is 0 Å². The summed E-state index contributed by atoms with van der Waals surface area (Å²) in [5.41, 5.74) is 0. The summed E-state index contributed by atoms with van der Waals surface area (Å²) in [4.78, 5) is 12.3. The van der Waals surface area contributed by atoms with Crippen molar-refractivity contribution in [3.8, 4) is 0 Å². The summed E-state index contributed by atoms with van der Waals surface area (Å²) in [7, 11) is 0. The largest absolute Gasteiger partial charge is 0.394 e. The normalized spacial score (nSPS) is 29.6. The van der Waals surface area contributed by atoms with Crippen LogP contribution in [0.4, 0.5) is 0 Å². The average Bonchev–Trinajstić information content (AvgIpc) is 3.19. The van der Waals surface area contributed by atoms with Crippen LogP contribution in [0.3, 0.4) is 0 Å². The zero-order valence-corrected chi connectivity index (χ0v) is 33.9. The van der Waals surface area contributed by atoms with Crippen LogP contribution in [0, 0.1) is 0 Å². The minimum absolute atomic E-state index is 0.188. The molecule has 0 aliphatic carbocycles. The topological polar surface area (TPSA) is 228 Å². The van der Waals surface area contributed by atoms with Crippen molar-refractivity contribution in [3.63, 3.8) is 0 Å². The first-order valence-corrected chi connectivity index (χ1v) is 21.8. The zero-order chi connectivity index (χ0) is 40.4. The molecule has 2 aliphatic heterocycles. The van der Waals surface area contributed by atoms with Gasteiger partial charge in [0.15, 0.2) is 12.6 Å². The Morgan fingerprint density at radius 2 is 1.02 bits per heavy atom. The quantitative estimate of drug-likeness (QED) is 0.0445. The Labute approximate surface area is 330 Å². The van der Waals surface area contributed by atoms with Gasteiger partial charge in [-0.1, -0.05) is 149 Å². The fraction of sp³-hybridized carbons (Fsp3) is 0.976. The molecule has 12 atom stereocenters. The number of unbranched alkanes of at least 4 members (excludes halogenated alkanes) is 20. The second-order valence-corrected chi connectivity index (χ2v) is 15.8. The molecule has 2 rings (SSSR count). The number of hydrogen-bond donors (Lipinski definition) is 9. The van der Waals surface area contributed by atoms with Crippen LogP contribution in [-0.4, -0.2) is 140 Å². The summed E-state index contributed by atoms with van der Waals surface area (Å²) in [6.45, 7) is 2.30. The van der Waals surface area contributed by atoms with Crippen molar-refractivity contribution in [2.75, 3.05) is 19.8 Å². The summed E-state index contributed by atoms with van der Waals surface area (Å²) in [5.74, 6) is -0.294. The molecule has 0 aromatic heterocycles. The lowest BCUT2D eigenvalue weighted by molar-refractivity contribution is -0.359. The predicted molar refractivity (Wildman–Crippen MR) is 208 cm³/mol.